The van der Waals surface area contributed by atoms with Crippen molar-refractivity contribution in [2.24, 2.45) is 0 Å². The first kappa shape index (κ1) is 14.1. The van der Waals surface area contributed by atoms with Crippen LogP contribution in [0.1, 0.15) is 42.1 Å². The van der Waals surface area contributed by atoms with Gasteiger partial charge >= 0.3 is 0 Å². The van der Waals surface area contributed by atoms with Crippen LogP contribution in [0.5, 0.6) is 0 Å². The molecule has 3 rings (SSSR count). The molecule has 0 bridgehead atoms. The van der Waals surface area contributed by atoms with Gasteiger partial charge in [0.25, 0.3) is 0 Å². The minimum Gasteiger partial charge on any atom is -0.365 e. The van der Waals surface area contributed by atoms with E-state index in [1.807, 2.05) is 12.1 Å². The van der Waals surface area contributed by atoms with Gasteiger partial charge in [-0.2, -0.15) is 5.26 Å². The van der Waals surface area contributed by atoms with Gasteiger partial charge in [-0.05, 0) is 44.5 Å². The Balaban J connectivity index is 1.89. The molecule has 0 spiro atoms. The maximum Gasteiger partial charge on any atom is 0.150 e. The van der Waals surface area contributed by atoms with E-state index in [2.05, 4.69) is 22.8 Å². The number of hydrogen-bond acceptors (Lipinski definition) is 4. The second kappa shape index (κ2) is 5.87. The van der Waals surface area contributed by atoms with Gasteiger partial charge in [0.1, 0.15) is 12.4 Å². The highest BCUT2D eigenvalue weighted by atomic mass is 16.1. The van der Waals surface area contributed by atoms with E-state index in [0.29, 0.717) is 23.2 Å². The summed E-state index contributed by atoms with van der Waals surface area (Å²) in [6.07, 6.45) is 4.66. The molecule has 2 aliphatic heterocycles. The molecule has 1 aromatic rings. The molecule has 21 heavy (non-hydrogen) atoms. The fourth-order valence-electron chi connectivity index (χ4n) is 3.65. The Morgan fingerprint density at radius 3 is 2.95 bits per heavy atom. The van der Waals surface area contributed by atoms with Gasteiger partial charge in [-0.1, -0.05) is 6.42 Å². The van der Waals surface area contributed by atoms with E-state index >= 15 is 0 Å². The van der Waals surface area contributed by atoms with Gasteiger partial charge in [0.15, 0.2) is 0 Å². The third-order valence-electron chi connectivity index (χ3n) is 4.77. The maximum atomic E-state index is 10.9. The lowest BCUT2D eigenvalue weighted by Crippen LogP contribution is -2.59. The van der Waals surface area contributed by atoms with Crippen LogP contribution in [0.4, 0.5) is 5.69 Å². The summed E-state index contributed by atoms with van der Waals surface area (Å²) in [5.74, 6) is 0. The van der Waals surface area contributed by atoms with Crippen molar-refractivity contribution < 1.29 is 4.79 Å². The molecule has 0 radical (unpaired) electrons. The lowest BCUT2D eigenvalue weighted by atomic mass is 9.96. The smallest absolute Gasteiger partial charge is 0.150 e. The standard InChI is InChI=1S/C17H21N3O/c1-13-10-19-7-3-2-4-16(19)11-20(13)17-6-5-14(12-21)8-15(17)9-18/h5-6,8,12-13,16H,2-4,7,10-11H2,1H3. The Hall–Kier alpha value is -1.86. The normalized spacial score (nSPS) is 26.0. The maximum absolute atomic E-state index is 10.9. The second-order valence-electron chi connectivity index (χ2n) is 6.15. The molecule has 4 heteroatoms. The van der Waals surface area contributed by atoms with Crippen LogP contribution in [0.15, 0.2) is 18.2 Å². The molecule has 2 unspecified atom stereocenters. The zero-order valence-electron chi connectivity index (χ0n) is 12.5. The SMILES string of the molecule is CC1CN2CCCCC2CN1c1ccc(C=O)cc1C#N. The Morgan fingerprint density at radius 2 is 2.19 bits per heavy atom. The Morgan fingerprint density at radius 1 is 1.33 bits per heavy atom. The topological polar surface area (TPSA) is 47.3 Å². The van der Waals surface area contributed by atoms with Crippen molar-refractivity contribution in [3.05, 3.63) is 29.3 Å². The summed E-state index contributed by atoms with van der Waals surface area (Å²) in [6, 6.07) is 8.68. The summed E-state index contributed by atoms with van der Waals surface area (Å²) in [7, 11) is 0. The van der Waals surface area contributed by atoms with Crippen molar-refractivity contribution >= 4 is 12.0 Å². The van der Waals surface area contributed by atoms with Crippen molar-refractivity contribution in [3.8, 4) is 6.07 Å². The molecule has 0 amide bonds. The number of nitrogens with zero attached hydrogens (tertiary/aromatic N) is 3. The number of rotatable bonds is 2. The van der Waals surface area contributed by atoms with Gasteiger partial charge in [0, 0.05) is 30.7 Å². The predicted octanol–water partition coefficient (Wildman–Crippen LogP) is 2.43. The third kappa shape index (κ3) is 2.66. The van der Waals surface area contributed by atoms with Gasteiger partial charge in [0.05, 0.1) is 11.3 Å². The van der Waals surface area contributed by atoms with Crippen LogP contribution in [-0.2, 0) is 0 Å². The fraction of sp³-hybridized carbons (Fsp3) is 0.529. The number of fused-ring (bicyclic) bond motifs is 1. The molecule has 2 atom stereocenters. The quantitative estimate of drug-likeness (QED) is 0.782. The summed E-state index contributed by atoms with van der Waals surface area (Å²) in [5.41, 5.74) is 2.15. The minimum absolute atomic E-state index is 0.397. The fourth-order valence-corrected chi connectivity index (χ4v) is 3.65. The van der Waals surface area contributed by atoms with Crippen molar-refractivity contribution in [1.82, 2.24) is 4.90 Å². The number of nitriles is 1. The van der Waals surface area contributed by atoms with Crippen LogP contribution in [-0.4, -0.2) is 42.9 Å². The molecule has 0 saturated carbocycles. The monoisotopic (exact) mass is 283 g/mol. The molecule has 2 heterocycles. The molecule has 0 aliphatic carbocycles. The molecule has 4 nitrogen and oxygen atoms in total. The molecular weight excluding hydrogens is 262 g/mol. The zero-order valence-corrected chi connectivity index (χ0v) is 12.5. The molecule has 0 N–H and O–H groups in total. The van der Waals surface area contributed by atoms with Crippen LogP contribution in [0.25, 0.3) is 0 Å². The summed E-state index contributed by atoms with van der Waals surface area (Å²) in [4.78, 5) is 15.8. The summed E-state index contributed by atoms with van der Waals surface area (Å²) >= 11 is 0. The van der Waals surface area contributed by atoms with Gasteiger partial charge in [-0.15, -0.1) is 0 Å². The number of benzene rings is 1. The summed E-state index contributed by atoms with van der Waals surface area (Å²) in [6.45, 7) is 5.47. The molecular formula is C17H21N3O. The highest BCUT2D eigenvalue weighted by Gasteiger charge is 2.33. The first-order valence-electron chi connectivity index (χ1n) is 7.73. The van der Waals surface area contributed by atoms with Gasteiger partial charge < -0.3 is 4.90 Å². The molecule has 1 aromatic carbocycles. The third-order valence-corrected chi connectivity index (χ3v) is 4.77. The van der Waals surface area contributed by atoms with Crippen molar-refractivity contribution in [2.75, 3.05) is 24.5 Å². The van der Waals surface area contributed by atoms with E-state index in [-0.39, 0.29) is 0 Å². The lowest BCUT2D eigenvalue weighted by Gasteiger charge is -2.48. The highest BCUT2D eigenvalue weighted by Crippen LogP contribution is 2.30. The van der Waals surface area contributed by atoms with E-state index in [4.69, 9.17) is 0 Å². The van der Waals surface area contributed by atoms with Gasteiger partial charge in [-0.3, -0.25) is 9.69 Å². The Kier molecular flexibility index (Phi) is 3.94. The van der Waals surface area contributed by atoms with Crippen LogP contribution in [0.3, 0.4) is 0 Å². The molecule has 2 fully saturated rings. The van der Waals surface area contributed by atoms with E-state index in [1.54, 1.807) is 6.07 Å². The summed E-state index contributed by atoms with van der Waals surface area (Å²) in [5, 5.41) is 9.38. The van der Waals surface area contributed by atoms with E-state index < -0.39 is 0 Å². The first-order valence-corrected chi connectivity index (χ1v) is 7.73. The predicted molar refractivity (Wildman–Crippen MR) is 82.6 cm³/mol. The molecule has 110 valence electrons. The number of carbonyl (C=O) groups excluding carboxylic acids is 1. The van der Waals surface area contributed by atoms with E-state index in [0.717, 1.165) is 25.1 Å². The number of aldehydes is 1. The van der Waals surface area contributed by atoms with Crippen molar-refractivity contribution in [3.63, 3.8) is 0 Å². The van der Waals surface area contributed by atoms with Gasteiger partial charge in [-0.25, -0.2) is 0 Å². The highest BCUT2D eigenvalue weighted by molar-refractivity contribution is 5.78. The number of piperidine rings is 1. The van der Waals surface area contributed by atoms with E-state index in [1.165, 1.54) is 25.8 Å². The molecule has 2 aliphatic rings. The number of piperazine rings is 1. The lowest BCUT2D eigenvalue weighted by molar-refractivity contribution is 0.112. The van der Waals surface area contributed by atoms with Crippen molar-refractivity contribution in [2.45, 2.75) is 38.3 Å². The van der Waals surface area contributed by atoms with Crippen LogP contribution in [0, 0.1) is 11.3 Å². The first-order chi connectivity index (χ1) is 10.2. The van der Waals surface area contributed by atoms with Gasteiger partial charge in [0.2, 0.25) is 0 Å². The zero-order chi connectivity index (χ0) is 14.8. The van der Waals surface area contributed by atoms with Crippen LogP contribution in [0.2, 0.25) is 0 Å². The van der Waals surface area contributed by atoms with Crippen molar-refractivity contribution in [1.29, 1.82) is 5.26 Å². The number of carbonyl (C=O) groups is 1. The Labute approximate surface area is 126 Å². The minimum atomic E-state index is 0.397. The molecule has 2 saturated heterocycles. The van der Waals surface area contributed by atoms with Crippen LogP contribution >= 0.6 is 0 Å². The summed E-state index contributed by atoms with van der Waals surface area (Å²) < 4.78 is 0. The number of anilines is 1. The number of hydrogen-bond donors (Lipinski definition) is 0. The average Bonchev–Trinajstić information content (AvgIpc) is 2.53. The molecule has 0 aromatic heterocycles. The Bertz CT molecular complexity index is 578. The van der Waals surface area contributed by atoms with Crippen LogP contribution < -0.4 is 4.90 Å². The largest absolute Gasteiger partial charge is 0.365 e. The average molecular weight is 283 g/mol. The van der Waals surface area contributed by atoms with E-state index in [9.17, 15) is 10.1 Å². The second-order valence-corrected chi connectivity index (χ2v) is 6.15.